The second-order valence-electron chi connectivity index (χ2n) is 22.9. The molecule has 10 rings (SSSR count). The van der Waals surface area contributed by atoms with Crippen LogP contribution in [-0.4, -0.2) is 124 Å². The predicted molar refractivity (Wildman–Crippen MR) is 311 cm³/mol. The molecule has 0 spiro atoms. The summed E-state index contributed by atoms with van der Waals surface area (Å²) in [4.78, 5) is 160. The fraction of sp³-hybridized carbons (Fsp3) is 0.410. The lowest BCUT2D eigenvalue weighted by Gasteiger charge is -2.39. The molecule has 3 saturated heterocycles. The Kier molecular flexibility index (Phi) is 17.8. The molecular weight excluding hydrogens is 1110 g/mol. The number of aromatic nitrogens is 3. The van der Waals surface area contributed by atoms with Gasteiger partial charge in [0.25, 0.3) is 11.4 Å². The zero-order valence-corrected chi connectivity index (χ0v) is 47.8. The van der Waals surface area contributed by atoms with Gasteiger partial charge in [-0.25, -0.2) is 4.79 Å². The van der Waals surface area contributed by atoms with E-state index in [4.69, 9.17) is 5.73 Å². The molecule has 24 heteroatoms. The molecule has 1 saturated carbocycles. The van der Waals surface area contributed by atoms with Crippen molar-refractivity contribution in [2.75, 3.05) is 13.1 Å². The second kappa shape index (κ2) is 25.4. The zero-order valence-electron chi connectivity index (χ0n) is 46.9. The van der Waals surface area contributed by atoms with Crippen LogP contribution in [0.15, 0.2) is 108 Å². The van der Waals surface area contributed by atoms with Crippen molar-refractivity contribution < 1.29 is 57.5 Å². The number of hydrogen-bond donors (Lipinski definition) is 8. The van der Waals surface area contributed by atoms with Gasteiger partial charge in [0.2, 0.25) is 41.4 Å². The molecule has 446 valence electrons. The Balaban J connectivity index is 0.826. The van der Waals surface area contributed by atoms with Crippen LogP contribution in [0.5, 0.6) is 0 Å². The normalized spacial score (nSPS) is 21.4. The van der Waals surface area contributed by atoms with E-state index in [1.807, 2.05) is 78.9 Å². The lowest BCUT2D eigenvalue weighted by Crippen LogP contribution is -2.62. The highest BCUT2D eigenvalue weighted by molar-refractivity contribution is 7.70. The van der Waals surface area contributed by atoms with Crippen molar-refractivity contribution >= 4 is 82.3 Å². The van der Waals surface area contributed by atoms with Crippen LogP contribution in [0.25, 0.3) is 21.9 Å². The molecule has 85 heavy (non-hydrogen) atoms. The second-order valence-corrected chi connectivity index (χ2v) is 24.4. The van der Waals surface area contributed by atoms with Gasteiger partial charge in [-0.3, -0.25) is 62.2 Å². The molecule has 0 radical (unpaired) electrons. The lowest BCUT2D eigenvalue weighted by molar-refractivity contribution is -0.145. The first kappa shape index (κ1) is 59.6. The summed E-state index contributed by atoms with van der Waals surface area (Å²) in [6.07, 6.45) is 6.02. The Morgan fingerprint density at radius 3 is 2.13 bits per heavy atom. The van der Waals surface area contributed by atoms with E-state index in [1.54, 1.807) is 11.9 Å². The van der Waals surface area contributed by atoms with Gasteiger partial charge in [0.1, 0.15) is 29.9 Å². The van der Waals surface area contributed by atoms with Gasteiger partial charge in [-0.15, -0.1) is 0 Å². The summed E-state index contributed by atoms with van der Waals surface area (Å²) in [5.74, 6) is -3.80. The zero-order chi connectivity index (χ0) is 60.3. The van der Waals surface area contributed by atoms with Crippen molar-refractivity contribution in [3.05, 3.63) is 142 Å². The standard InChI is InChI=1S/C61H69N10O13P/c1-68-50-31-37(16-22-47(50)71(61(68)81)49-24-26-52(73)66-58(49)78)30-36-14-12-35(13-15-36)17-27-53(74)69-29-28-42-19-23-48(57(77)64-44(21-25-51(62)72)55(75)67-54(38-8-4-2-5-9-38)39-10-6-3-7-11-39)70(42)59(79)46(34-69)65-56(76)45-33-41-32-40(18-20-43(41)63-45)60(80)85(82,83)84/h2-11,16,18,20,22,31-33,35-36,42,44,46,48-49,54,63H,12-15,17,19,21,23-30,34H2,1H3,(H2,62,72)(H,64,77)(H,65,76)(H,67,75)(H,66,73,78)(H2,82,83,84)/t35-,36-,42-,44?,46+,48+,49?/m1/s1. The van der Waals surface area contributed by atoms with Crippen LogP contribution in [0.1, 0.15) is 133 Å². The Morgan fingerprint density at radius 2 is 1.46 bits per heavy atom. The topological polar surface area (TPSA) is 335 Å². The number of primary amides is 1. The SMILES string of the molecule is Cn1c(=O)n(C2CCC(=O)NC2=O)c2ccc(C[C@H]3CC[C@H](CCC(=O)N4CC[C@H]5CC[C@@H](C(=O)NC(CCC(N)=O)C(=O)NC(c6ccccc6)c6ccccc6)N5C(=O)[C@@H](NC(=O)c5cc6cc(C(=O)P(=O)(O)O)ccc6[nH]5)C4)CC3)cc21. The molecular formula is C61H69N10O13P. The molecule has 4 aromatic carbocycles. The molecule has 9 N–H and O–H groups in total. The number of imide groups is 1. The summed E-state index contributed by atoms with van der Waals surface area (Å²) in [6, 6.07) is 23.8. The molecule has 23 nitrogen and oxygen atoms in total. The molecule has 5 heterocycles. The molecule has 1 aliphatic carbocycles. The van der Waals surface area contributed by atoms with Crippen molar-refractivity contribution in [2.45, 2.75) is 126 Å². The average molecular weight is 1180 g/mol. The van der Waals surface area contributed by atoms with Gasteiger partial charge < -0.3 is 46.3 Å². The van der Waals surface area contributed by atoms with E-state index in [9.17, 15) is 57.5 Å². The van der Waals surface area contributed by atoms with E-state index in [2.05, 4.69) is 26.3 Å². The smallest absolute Gasteiger partial charge is 0.370 e. The molecule has 2 aromatic heterocycles. The predicted octanol–water partition coefficient (Wildman–Crippen LogP) is 4.29. The van der Waals surface area contributed by atoms with E-state index >= 15 is 4.79 Å². The van der Waals surface area contributed by atoms with Crippen molar-refractivity contribution in [1.82, 2.24) is 45.2 Å². The first-order valence-electron chi connectivity index (χ1n) is 28.9. The minimum atomic E-state index is -5.13. The highest BCUT2D eigenvalue weighted by Crippen LogP contribution is 2.40. The van der Waals surface area contributed by atoms with Crippen LogP contribution in [0.4, 0.5) is 0 Å². The Labute approximate surface area is 488 Å². The number of rotatable bonds is 19. The Morgan fingerprint density at radius 1 is 0.765 bits per heavy atom. The summed E-state index contributed by atoms with van der Waals surface area (Å²) in [5, 5.41) is 11.3. The van der Waals surface area contributed by atoms with Crippen molar-refractivity contribution in [2.24, 2.45) is 24.6 Å². The summed E-state index contributed by atoms with van der Waals surface area (Å²) in [6.45, 7) is -0.0495. The van der Waals surface area contributed by atoms with Crippen LogP contribution < -0.4 is 32.7 Å². The maximum Gasteiger partial charge on any atom is 0.396 e. The third kappa shape index (κ3) is 13.4. The molecule has 5 atom stereocenters. The van der Waals surface area contributed by atoms with Gasteiger partial charge in [-0.1, -0.05) is 79.6 Å². The van der Waals surface area contributed by atoms with Crippen molar-refractivity contribution in [1.29, 1.82) is 0 Å². The number of aromatic amines is 1. The largest absolute Gasteiger partial charge is 0.396 e. The number of benzene rings is 4. The molecule has 2 unspecified atom stereocenters. The van der Waals surface area contributed by atoms with Crippen molar-refractivity contribution in [3.8, 4) is 0 Å². The number of carbonyl (C=O) groups is 9. The molecule has 4 fully saturated rings. The summed E-state index contributed by atoms with van der Waals surface area (Å²) in [7, 11) is -3.46. The van der Waals surface area contributed by atoms with Gasteiger partial charge in [0.05, 0.1) is 17.1 Å². The summed E-state index contributed by atoms with van der Waals surface area (Å²) < 4.78 is 14.8. The van der Waals surface area contributed by atoms with Crippen molar-refractivity contribution in [3.63, 3.8) is 0 Å². The third-order valence-electron chi connectivity index (χ3n) is 17.3. The van der Waals surface area contributed by atoms with Gasteiger partial charge in [0, 0.05) is 61.9 Å². The molecule has 8 amide bonds. The van der Waals surface area contributed by atoms with Gasteiger partial charge in [0.15, 0.2) is 0 Å². The van der Waals surface area contributed by atoms with Crippen LogP contribution >= 0.6 is 7.60 Å². The number of nitrogens with zero attached hydrogens (tertiary/aromatic N) is 4. The minimum absolute atomic E-state index is 0.0611. The maximum absolute atomic E-state index is 15.2. The van der Waals surface area contributed by atoms with Crippen LogP contribution in [-0.2, 0) is 51.6 Å². The number of amides is 8. The van der Waals surface area contributed by atoms with E-state index in [0.29, 0.717) is 41.7 Å². The monoisotopic (exact) mass is 1180 g/mol. The number of H-pyrrole nitrogens is 1. The Bertz CT molecular complexity index is 3660. The fourth-order valence-electron chi connectivity index (χ4n) is 12.8. The number of nitrogens with one attached hydrogen (secondary N) is 5. The average Bonchev–Trinajstić information content (AvgIpc) is 2.84. The number of hydrogen-bond acceptors (Lipinski definition) is 11. The maximum atomic E-state index is 15.2. The van der Waals surface area contributed by atoms with Gasteiger partial charge in [-0.2, -0.15) is 0 Å². The summed E-state index contributed by atoms with van der Waals surface area (Å²) >= 11 is 0. The highest BCUT2D eigenvalue weighted by atomic mass is 31.2. The molecule has 6 aromatic rings. The van der Waals surface area contributed by atoms with Gasteiger partial charge >= 0.3 is 13.3 Å². The first-order chi connectivity index (χ1) is 40.7. The third-order valence-corrected chi connectivity index (χ3v) is 18.1. The van der Waals surface area contributed by atoms with E-state index in [0.717, 1.165) is 48.8 Å². The number of fused-ring (bicyclic) bond motifs is 3. The van der Waals surface area contributed by atoms with Crippen LogP contribution in [0.3, 0.4) is 0 Å². The van der Waals surface area contributed by atoms with E-state index in [-0.39, 0.29) is 91.7 Å². The van der Waals surface area contributed by atoms with Gasteiger partial charge in [-0.05, 0) is 123 Å². The lowest BCUT2D eigenvalue weighted by atomic mass is 9.77. The first-order valence-corrected chi connectivity index (χ1v) is 30.5. The minimum Gasteiger partial charge on any atom is -0.370 e. The van der Waals surface area contributed by atoms with Crippen LogP contribution in [0.2, 0.25) is 0 Å². The summed E-state index contributed by atoms with van der Waals surface area (Å²) in [5.41, 5.74) is 7.76. The molecule has 3 aliphatic heterocycles. The Hall–Kier alpha value is -8.53. The quantitative estimate of drug-likeness (QED) is 0.0415. The molecule has 4 aliphatic rings. The number of aryl methyl sites for hydroxylation is 1. The van der Waals surface area contributed by atoms with E-state index < -0.39 is 84.8 Å². The number of piperidine rings is 1. The number of imidazole rings is 1. The molecule has 0 bridgehead atoms. The van der Waals surface area contributed by atoms with Crippen LogP contribution in [0, 0.1) is 11.8 Å². The number of nitrogens with two attached hydrogens (primary N) is 1. The van der Waals surface area contributed by atoms with E-state index in [1.165, 1.54) is 38.3 Å². The number of carbonyl (C=O) groups excluding carboxylic acids is 9. The fourth-order valence-corrected chi connectivity index (χ4v) is 13.3. The highest BCUT2D eigenvalue weighted by Gasteiger charge is 2.46.